The van der Waals surface area contributed by atoms with Crippen molar-refractivity contribution in [2.75, 3.05) is 19.7 Å². The Morgan fingerprint density at radius 2 is 1.73 bits per heavy atom. The van der Waals surface area contributed by atoms with Crippen LogP contribution in [0.4, 0.5) is 0 Å². The van der Waals surface area contributed by atoms with Crippen LogP contribution in [0, 0.1) is 0 Å². The number of nitrogens with one attached hydrogen (secondary N) is 1. The summed E-state index contributed by atoms with van der Waals surface area (Å²) in [5.74, 6) is -1.30. The van der Waals surface area contributed by atoms with Gasteiger partial charge in [0.15, 0.2) is 6.61 Å². The molecule has 1 aliphatic heterocycles. The lowest BCUT2D eigenvalue weighted by Gasteiger charge is -2.24. The second kappa shape index (κ2) is 10.2. The van der Waals surface area contributed by atoms with Crippen LogP contribution in [0.15, 0.2) is 24.3 Å². The van der Waals surface area contributed by atoms with E-state index in [0.29, 0.717) is 18.1 Å². The van der Waals surface area contributed by atoms with Crippen molar-refractivity contribution in [1.29, 1.82) is 0 Å². The highest BCUT2D eigenvalue weighted by molar-refractivity contribution is 6.33. The number of hydrogen-bond donors (Lipinski definition) is 1. The van der Waals surface area contributed by atoms with E-state index in [1.165, 1.54) is 13.3 Å². The predicted octanol–water partition coefficient (Wildman–Crippen LogP) is 2.79. The van der Waals surface area contributed by atoms with Gasteiger partial charge in [-0.05, 0) is 31.9 Å². The van der Waals surface area contributed by atoms with Crippen LogP contribution in [0.2, 0.25) is 5.02 Å². The second-order valence-electron chi connectivity index (χ2n) is 6.43. The Kier molecular flexibility index (Phi) is 7.91. The first-order chi connectivity index (χ1) is 12.5. The average molecular weight is 381 g/mol. The number of likely N-dealkylation sites (tertiary alicyclic amines) is 1. The van der Waals surface area contributed by atoms with Gasteiger partial charge in [-0.2, -0.15) is 0 Å². The Morgan fingerprint density at radius 3 is 2.38 bits per heavy atom. The Bertz CT molecular complexity index is 642. The molecule has 0 aromatic heterocycles. The van der Waals surface area contributed by atoms with Crippen molar-refractivity contribution < 1.29 is 19.1 Å². The normalized spacial score (nSPS) is 16.2. The molecule has 2 rings (SSSR count). The molecular formula is C19H25ClN2O4. The molecule has 0 unspecified atom stereocenters. The van der Waals surface area contributed by atoms with Crippen molar-refractivity contribution in [2.45, 2.75) is 45.1 Å². The maximum atomic E-state index is 12.2. The van der Waals surface area contributed by atoms with Crippen LogP contribution in [-0.4, -0.2) is 48.4 Å². The van der Waals surface area contributed by atoms with E-state index in [0.717, 1.165) is 25.7 Å². The number of carbonyl (C=O) groups excluding carboxylic acids is 3. The van der Waals surface area contributed by atoms with E-state index >= 15 is 0 Å². The van der Waals surface area contributed by atoms with E-state index in [1.54, 1.807) is 29.2 Å². The van der Waals surface area contributed by atoms with E-state index in [1.807, 2.05) is 0 Å². The zero-order valence-corrected chi connectivity index (χ0v) is 15.8. The van der Waals surface area contributed by atoms with Gasteiger partial charge in [0.1, 0.15) is 6.04 Å². The SMILES string of the molecule is C[C@H](NC(=O)c1ccccc1Cl)C(=O)OCC(=O)N1CCCCCCC1. The molecule has 1 saturated heterocycles. The first-order valence-electron chi connectivity index (χ1n) is 8.99. The largest absolute Gasteiger partial charge is 0.454 e. The molecule has 1 fully saturated rings. The number of halogens is 1. The van der Waals surface area contributed by atoms with Crippen LogP contribution in [0.5, 0.6) is 0 Å². The Morgan fingerprint density at radius 1 is 1.12 bits per heavy atom. The third kappa shape index (κ3) is 6.02. The standard InChI is InChI=1S/C19H25ClN2O4/c1-14(21-18(24)15-9-5-6-10-16(15)20)19(25)26-13-17(23)22-11-7-3-2-4-8-12-22/h5-6,9-10,14H,2-4,7-8,11-13H2,1H3,(H,21,24)/t14-/m0/s1. The van der Waals surface area contributed by atoms with Crippen LogP contribution in [0.1, 0.15) is 49.4 Å². The molecule has 6 nitrogen and oxygen atoms in total. The lowest BCUT2D eigenvalue weighted by Crippen LogP contribution is -2.42. The van der Waals surface area contributed by atoms with Gasteiger partial charge < -0.3 is 15.0 Å². The summed E-state index contributed by atoms with van der Waals surface area (Å²) >= 11 is 5.97. The van der Waals surface area contributed by atoms with Crippen molar-refractivity contribution in [3.8, 4) is 0 Å². The Hall–Kier alpha value is -2.08. The molecule has 0 spiro atoms. The van der Waals surface area contributed by atoms with Crippen molar-refractivity contribution in [3.63, 3.8) is 0 Å². The minimum absolute atomic E-state index is 0.190. The van der Waals surface area contributed by atoms with Gasteiger partial charge in [-0.15, -0.1) is 0 Å². The van der Waals surface area contributed by atoms with Crippen molar-refractivity contribution in [1.82, 2.24) is 10.2 Å². The minimum Gasteiger partial charge on any atom is -0.454 e. The zero-order chi connectivity index (χ0) is 18.9. The Labute approximate surface area is 158 Å². The van der Waals surface area contributed by atoms with E-state index in [2.05, 4.69) is 5.32 Å². The summed E-state index contributed by atoms with van der Waals surface area (Å²) < 4.78 is 5.08. The molecule has 0 aliphatic carbocycles. The van der Waals surface area contributed by atoms with Crippen molar-refractivity contribution >= 4 is 29.4 Å². The molecule has 1 aromatic rings. The summed E-state index contributed by atoms with van der Waals surface area (Å²) in [6.45, 7) is 2.62. The van der Waals surface area contributed by atoms with Gasteiger partial charge in [0.25, 0.3) is 11.8 Å². The molecule has 2 amide bonds. The number of benzene rings is 1. The van der Waals surface area contributed by atoms with Crippen LogP contribution < -0.4 is 5.32 Å². The number of carbonyl (C=O) groups is 3. The maximum absolute atomic E-state index is 12.2. The highest BCUT2D eigenvalue weighted by atomic mass is 35.5. The molecular weight excluding hydrogens is 356 g/mol. The van der Waals surface area contributed by atoms with Gasteiger partial charge in [-0.3, -0.25) is 9.59 Å². The third-order valence-electron chi connectivity index (χ3n) is 4.37. The van der Waals surface area contributed by atoms with Gasteiger partial charge in [-0.1, -0.05) is 43.0 Å². The highest BCUT2D eigenvalue weighted by Gasteiger charge is 2.22. The number of esters is 1. The van der Waals surface area contributed by atoms with E-state index < -0.39 is 17.9 Å². The number of rotatable bonds is 5. The van der Waals surface area contributed by atoms with E-state index in [-0.39, 0.29) is 18.1 Å². The molecule has 7 heteroatoms. The molecule has 142 valence electrons. The summed E-state index contributed by atoms with van der Waals surface area (Å²) in [4.78, 5) is 38.2. The van der Waals surface area contributed by atoms with Gasteiger partial charge in [0, 0.05) is 13.1 Å². The van der Waals surface area contributed by atoms with Crippen molar-refractivity contribution in [2.24, 2.45) is 0 Å². The fourth-order valence-electron chi connectivity index (χ4n) is 2.82. The number of hydrogen-bond acceptors (Lipinski definition) is 4. The maximum Gasteiger partial charge on any atom is 0.328 e. The van der Waals surface area contributed by atoms with Gasteiger partial charge >= 0.3 is 5.97 Å². The fourth-order valence-corrected chi connectivity index (χ4v) is 3.05. The van der Waals surface area contributed by atoms with Crippen molar-refractivity contribution in [3.05, 3.63) is 34.9 Å². The topological polar surface area (TPSA) is 75.7 Å². The second-order valence-corrected chi connectivity index (χ2v) is 6.84. The molecule has 1 atom stereocenters. The first kappa shape index (κ1) is 20.2. The van der Waals surface area contributed by atoms with Crippen LogP contribution in [-0.2, 0) is 14.3 Å². The van der Waals surface area contributed by atoms with Gasteiger partial charge in [0.05, 0.1) is 10.6 Å². The van der Waals surface area contributed by atoms with Crippen LogP contribution >= 0.6 is 11.6 Å². The Balaban J connectivity index is 1.80. The molecule has 0 radical (unpaired) electrons. The van der Waals surface area contributed by atoms with Gasteiger partial charge in [0.2, 0.25) is 0 Å². The number of ether oxygens (including phenoxy) is 1. The summed E-state index contributed by atoms with van der Waals surface area (Å²) in [5.41, 5.74) is 0.283. The summed E-state index contributed by atoms with van der Waals surface area (Å²) in [6, 6.07) is 5.70. The molecule has 1 N–H and O–H groups in total. The van der Waals surface area contributed by atoms with Gasteiger partial charge in [-0.25, -0.2) is 4.79 Å². The summed E-state index contributed by atoms with van der Waals surface area (Å²) in [5, 5.41) is 2.84. The molecule has 1 aliphatic rings. The lowest BCUT2D eigenvalue weighted by atomic mass is 10.1. The molecule has 0 saturated carbocycles. The minimum atomic E-state index is -0.876. The van der Waals surface area contributed by atoms with E-state index in [4.69, 9.17) is 16.3 Å². The molecule has 0 bridgehead atoms. The number of nitrogens with zero attached hydrogens (tertiary/aromatic N) is 1. The first-order valence-corrected chi connectivity index (χ1v) is 9.36. The molecule has 26 heavy (non-hydrogen) atoms. The highest BCUT2D eigenvalue weighted by Crippen LogP contribution is 2.15. The number of amides is 2. The molecule has 1 aromatic carbocycles. The smallest absolute Gasteiger partial charge is 0.328 e. The molecule has 1 heterocycles. The summed E-state index contributed by atoms with van der Waals surface area (Å²) in [6.07, 6.45) is 5.40. The fraction of sp³-hybridized carbons (Fsp3) is 0.526. The lowest BCUT2D eigenvalue weighted by molar-refractivity contribution is -0.153. The van der Waals surface area contributed by atoms with Crippen LogP contribution in [0.3, 0.4) is 0 Å². The quantitative estimate of drug-likeness (QED) is 0.797. The third-order valence-corrected chi connectivity index (χ3v) is 4.70. The summed E-state index contributed by atoms with van der Waals surface area (Å²) in [7, 11) is 0. The van der Waals surface area contributed by atoms with E-state index in [9.17, 15) is 14.4 Å². The van der Waals surface area contributed by atoms with Crippen LogP contribution in [0.25, 0.3) is 0 Å². The predicted molar refractivity (Wildman–Crippen MR) is 99.0 cm³/mol. The average Bonchev–Trinajstić information content (AvgIpc) is 2.59. The zero-order valence-electron chi connectivity index (χ0n) is 15.0. The monoisotopic (exact) mass is 380 g/mol.